The van der Waals surface area contributed by atoms with E-state index in [0.29, 0.717) is 42.7 Å². The standard InChI is InChI=1S/C45H62N2O5/c1-29(2)46-42(50)47(27-44-24-32-19-33(25-44)21-34(20-32)26-44)28-45(51)18-16-40-38-15-9-31(22-36(48)12-8-30(3)7-6-17-43(40,45)4)23-39(38)41(49)35-10-13-37(52-5)14-11-35/h7,9-11,13-15,23,29,32-34,36,40,48,51H,6,8,12,16-22,24-28H2,1-5H3,(H,46,50)/t32?,33?,34?,36-,40-,43-,44?,45+/m0/s1. The Kier molecular flexibility index (Phi) is 10.4. The first-order chi connectivity index (χ1) is 24.8. The van der Waals surface area contributed by atoms with Crippen molar-refractivity contribution < 1.29 is 24.5 Å². The molecule has 0 aromatic heterocycles. The lowest BCUT2D eigenvalue weighted by atomic mass is 9.49. The maximum Gasteiger partial charge on any atom is 0.317 e. The summed E-state index contributed by atoms with van der Waals surface area (Å²) >= 11 is 0. The van der Waals surface area contributed by atoms with Crippen LogP contribution in [0.3, 0.4) is 0 Å². The molecule has 2 aromatic rings. The van der Waals surface area contributed by atoms with Gasteiger partial charge in [0.25, 0.3) is 0 Å². The van der Waals surface area contributed by atoms with Gasteiger partial charge in [-0.05, 0) is 175 Å². The van der Waals surface area contributed by atoms with Crippen molar-refractivity contribution in [2.24, 2.45) is 28.6 Å². The van der Waals surface area contributed by atoms with E-state index in [4.69, 9.17) is 4.74 Å². The number of hydrogen-bond donors (Lipinski definition) is 3. The van der Waals surface area contributed by atoms with Crippen LogP contribution in [0, 0.1) is 28.6 Å². The maximum absolute atomic E-state index is 14.5. The molecular weight excluding hydrogens is 649 g/mol. The van der Waals surface area contributed by atoms with Crippen LogP contribution in [0.5, 0.6) is 5.75 Å². The molecule has 0 unspecified atom stereocenters. The number of benzene rings is 2. The summed E-state index contributed by atoms with van der Waals surface area (Å²) in [4.78, 5) is 30.7. The predicted molar refractivity (Wildman–Crippen MR) is 206 cm³/mol. The molecule has 0 saturated heterocycles. The molecule has 282 valence electrons. The number of hydrogen-bond acceptors (Lipinski definition) is 5. The summed E-state index contributed by atoms with van der Waals surface area (Å²) in [5.41, 5.74) is 2.75. The lowest BCUT2D eigenvalue weighted by molar-refractivity contribution is -0.0985. The third-order valence-corrected chi connectivity index (χ3v) is 14.1. The number of carbonyl (C=O) groups is 2. The van der Waals surface area contributed by atoms with Gasteiger partial charge in [0.05, 0.1) is 25.4 Å². The normalized spacial score (nSPS) is 34.1. The van der Waals surface area contributed by atoms with Crippen molar-refractivity contribution in [3.05, 3.63) is 76.4 Å². The number of ketones is 1. The minimum atomic E-state index is -1.15. The molecule has 0 spiro atoms. The molecule has 2 amide bonds. The summed E-state index contributed by atoms with van der Waals surface area (Å²) in [6.07, 6.45) is 14.1. The number of carbonyl (C=O) groups excluding carboxylic acids is 2. The summed E-state index contributed by atoms with van der Waals surface area (Å²) in [5.74, 6) is 2.86. The third-order valence-electron chi connectivity index (χ3n) is 14.1. The summed E-state index contributed by atoms with van der Waals surface area (Å²) in [7, 11) is 1.62. The monoisotopic (exact) mass is 710 g/mol. The third kappa shape index (κ3) is 7.33. The first kappa shape index (κ1) is 37.2. The fourth-order valence-electron chi connectivity index (χ4n) is 11.8. The first-order valence-electron chi connectivity index (χ1n) is 20.2. The molecule has 0 radical (unpaired) electrons. The number of allylic oxidation sites excluding steroid dienone is 2. The minimum absolute atomic E-state index is 0.000976. The summed E-state index contributed by atoms with van der Waals surface area (Å²) in [6.45, 7) is 9.38. The molecule has 0 aliphatic heterocycles. The van der Waals surface area contributed by atoms with Crippen molar-refractivity contribution in [3.63, 3.8) is 0 Å². The van der Waals surface area contributed by atoms with E-state index < -0.39 is 17.1 Å². The Balaban J connectivity index is 1.27. The molecule has 7 aliphatic rings. The van der Waals surface area contributed by atoms with Gasteiger partial charge in [0.2, 0.25) is 0 Å². The van der Waals surface area contributed by atoms with Crippen molar-refractivity contribution in [1.82, 2.24) is 10.2 Å². The predicted octanol–water partition coefficient (Wildman–Crippen LogP) is 8.60. The average molecular weight is 711 g/mol. The zero-order valence-corrected chi connectivity index (χ0v) is 32.3. The molecule has 5 fully saturated rings. The number of nitrogens with zero attached hydrogens (tertiary/aromatic N) is 1. The number of rotatable bonds is 8. The highest BCUT2D eigenvalue weighted by atomic mass is 16.5. The highest BCUT2D eigenvalue weighted by Gasteiger charge is 2.59. The highest BCUT2D eigenvalue weighted by molar-refractivity contribution is 6.10. The van der Waals surface area contributed by atoms with E-state index in [9.17, 15) is 19.8 Å². The summed E-state index contributed by atoms with van der Waals surface area (Å²) in [6, 6.07) is 13.4. The Bertz CT molecular complexity index is 1630. The first-order valence-corrected chi connectivity index (χ1v) is 20.2. The zero-order valence-electron chi connectivity index (χ0n) is 32.3. The number of nitrogens with one attached hydrogen (secondary N) is 1. The van der Waals surface area contributed by atoms with Gasteiger partial charge in [-0.15, -0.1) is 0 Å². The van der Waals surface area contributed by atoms with E-state index in [0.717, 1.165) is 54.6 Å². The molecular formula is C45H62N2O5. The number of aliphatic hydroxyl groups is 2. The van der Waals surface area contributed by atoms with E-state index in [1.165, 1.54) is 44.1 Å². The maximum atomic E-state index is 14.5. The smallest absolute Gasteiger partial charge is 0.317 e. The Morgan fingerprint density at radius 1 is 0.962 bits per heavy atom. The number of ether oxygens (including phenoxy) is 1. The number of amides is 2. The van der Waals surface area contributed by atoms with Gasteiger partial charge in [-0.2, -0.15) is 0 Å². The van der Waals surface area contributed by atoms with Crippen LogP contribution in [0.1, 0.15) is 138 Å². The Morgan fingerprint density at radius 2 is 1.63 bits per heavy atom. The van der Waals surface area contributed by atoms with Gasteiger partial charge in [0, 0.05) is 29.1 Å². The second-order valence-corrected chi connectivity index (χ2v) is 18.4. The van der Waals surface area contributed by atoms with Gasteiger partial charge >= 0.3 is 6.03 Å². The fourth-order valence-corrected chi connectivity index (χ4v) is 11.8. The fraction of sp³-hybridized carbons (Fsp3) is 0.644. The minimum Gasteiger partial charge on any atom is -0.497 e. The van der Waals surface area contributed by atoms with E-state index in [1.807, 2.05) is 49.1 Å². The van der Waals surface area contributed by atoms with Crippen molar-refractivity contribution >= 4 is 11.8 Å². The van der Waals surface area contributed by atoms with Gasteiger partial charge in [-0.3, -0.25) is 4.79 Å². The van der Waals surface area contributed by atoms with Crippen LogP contribution in [0.15, 0.2) is 54.1 Å². The quantitative estimate of drug-likeness (QED) is 0.188. The zero-order chi connectivity index (χ0) is 36.8. The number of fused-ring (bicyclic) bond motifs is 8. The molecule has 3 N–H and O–H groups in total. The SMILES string of the molecule is COc1ccc(C(=O)c2cc3ccc2[C@@H]2CC[C@@](O)(CN(CC45CC6CC(CC(C6)C4)C5)C(=O)NC(C)C)[C@@]2(C)CCC=C(C)CC[C@H](O)C3)cc1. The van der Waals surface area contributed by atoms with Crippen molar-refractivity contribution in [3.8, 4) is 5.75 Å². The van der Waals surface area contributed by atoms with Crippen LogP contribution in [0.25, 0.3) is 0 Å². The number of aliphatic hydroxyl groups excluding tert-OH is 1. The second kappa shape index (κ2) is 14.6. The molecule has 52 heavy (non-hydrogen) atoms. The van der Waals surface area contributed by atoms with Crippen LogP contribution in [-0.2, 0) is 6.42 Å². The molecule has 6 bridgehead atoms. The average Bonchev–Trinajstić information content (AvgIpc) is 3.34. The summed E-state index contributed by atoms with van der Waals surface area (Å²) in [5, 5.41) is 27.4. The van der Waals surface area contributed by atoms with E-state index >= 15 is 0 Å². The van der Waals surface area contributed by atoms with Gasteiger partial charge < -0.3 is 25.2 Å². The van der Waals surface area contributed by atoms with Crippen molar-refractivity contribution in [1.29, 1.82) is 0 Å². The number of methoxy groups -OCH3 is 1. The number of urea groups is 1. The largest absolute Gasteiger partial charge is 0.497 e. The van der Waals surface area contributed by atoms with E-state index in [2.05, 4.69) is 37.4 Å². The van der Waals surface area contributed by atoms with Crippen LogP contribution in [0.2, 0.25) is 0 Å². The van der Waals surface area contributed by atoms with Gasteiger partial charge in [0.1, 0.15) is 5.75 Å². The molecule has 9 rings (SSSR count). The van der Waals surface area contributed by atoms with Crippen LogP contribution in [-0.4, -0.2) is 64.9 Å². The highest BCUT2D eigenvalue weighted by Crippen LogP contribution is 2.62. The van der Waals surface area contributed by atoms with Crippen LogP contribution >= 0.6 is 0 Å². The Hall–Kier alpha value is -3.16. The molecule has 7 nitrogen and oxygen atoms in total. The molecule has 4 atom stereocenters. The lowest BCUT2D eigenvalue weighted by Crippen LogP contribution is -2.59. The van der Waals surface area contributed by atoms with Crippen LogP contribution < -0.4 is 10.1 Å². The lowest BCUT2D eigenvalue weighted by Gasteiger charge is -2.58. The van der Waals surface area contributed by atoms with Crippen molar-refractivity contribution in [2.45, 2.75) is 135 Å². The Morgan fingerprint density at radius 3 is 2.27 bits per heavy atom. The van der Waals surface area contributed by atoms with Gasteiger partial charge in [-0.25, -0.2) is 4.79 Å². The Labute approximate surface area is 311 Å². The molecule has 2 aromatic carbocycles. The van der Waals surface area contributed by atoms with Gasteiger partial charge in [-0.1, -0.05) is 30.7 Å². The van der Waals surface area contributed by atoms with Crippen LogP contribution in [0.4, 0.5) is 4.79 Å². The second-order valence-electron chi connectivity index (χ2n) is 18.4. The molecule has 5 saturated carbocycles. The van der Waals surface area contributed by atoms with E-state index in [-0.39, 0.29) is 35.7 Å². The van der Waals surface area contributed by atoms with Gasteiger partial charge in [0.15, 0.2) is 5.78 Å². The summed E-state index contributed by atoms with van der Waals surface area (Å²) < 4.78 is 5.38. The molecule has 0 heterocycles. The molecule has 7 aliphatic carbocycles. The van der Waals surface area contributed by atoms with Crippen molar-refractivity contribution in [2.75, 3.05) is 20.2 Å². The topological polar surface area (TPSA) is 99.1 Å². The van der Waals surface area contributed by atoms with E-state index in [1.54, 1.807) is 7.11 Å². The molecule has 7 heteroatoms.